The van der Waals surface area contributed by atoms with E-state index in [1.807, 2.05) is 48.7 Å². The molecule has 0 bridgehead atoms. The largest absolute Gasteiger partial charge is 0.256 e. The average molecular weight is 387 g/mol. The van der Waals surface area contributed by atoms with Crippen LogP contribution in [-0.4, -0.2) is 15.0 Å². The maximum absolute atomic E-state index is 5.01. The highest BCUT2D eigenvalue weighted by atomic mass is 14.8. The van der Waals surface area contributed by atoms with Crippen LogP contribution in [0.4, 0.5) is 0 Å². The molecule has 0 amide bonds. The first-order chi connectivity index (χ1) is 14.7. The van der Waals surface area contributed by atoms with Crippen LogP contribution in [0.1, 0.15) is 11.1 Å². The van der Waals surface area contributed by atoms with Gasteiger partial charge in [0.2, 0.25) is 0 Å². The maximum atomic E-state index is 5.01. The molecule has 2 aromatic heterocycles. The summed E-state index contributed by atoms with van der Waals surface area (Å²) in [7, 11) is 0. The van der Waals surface area contributed by atoms with Gasteiger partial charge < -0.3 is 0 Å². The quantitative estimate of drug-likeness (QED) is 0.348. The fourth-order valence-corrected chi connectivity index (χ4v) is 3.85. The first-order valence-electron chi connectivity index (χ1n) is 10.0. The summed E-state index contributed by atoms with van der Waals surface area (Å²) >= 11 is 0. The van der Waals surface area contributed by atoms with Gasteiger partial charge in [-0.25, -0.2) is 9.97 Å². The Kier molecular flexibility index (Phi) is 4.56. The Balaban J connectivity index is 1.69. The van der Waals surface area contributed by atoms with Gasteiger partial charge in [-0.05, 0) is 50.2 Å². The van der Waals surface area contributed by atoms with Gasteiger partial charge in [0.15, 0.2) is 0 Å². The van der Waals surface area contributed by atoms with Crippen LogP contribution in [0.25, 0.3) is 44.8 Å². The summed E-state index contributed by atoms with van der Waals surface area (Å²) < 4.78 is 0. The van der Waals surface area contributed by atoms with E-state index in [4.69, 9.17) is 9.97 Å². The van der Waals surface area contributed by atoms with E-state index < -0.39 is 0 Å². The van der Waals surface area contributed by atoms with Crippen molar-refractivity contribution in [2.45, 2.75) is 13.8 Å². The Hall–Kier alpha value is -3.85. The molecular formula is C27H21N3. The highest BCUT2D eigenvalue weighted by molar-refractivity contribution is 5.86. The second-order valence-electron chi connectivity index (χ2n) is 7.58. The average Bonchev–Trinajstić information content (AvgIpc) is 2.78. The number of nitrogens with zero attached hydrogens (tertiary/aromatic N) is 3. The second kappa shape index (κ2) is 7.53. The van der Waals surface area contributed by atoms with Gasteiger partial charge in [-0.3, -0.25) is 4.98 Å². The van der Waals surface area contributed by atoms with Crippen molar-refractivity contribution in [1.82, 2.24) is 15.0 Å². The SMILES string of the molecule is Cc1cc(C)cc(-c2nc3ccccc3nc2-c2ccc(-c3ccccn3)cc2)c1. The van der Waals surface area contributed by atoms with Crippen molar-refractivity contribution < 1.29 is 0 Å². The smallest absolute Gasteiger partial charge is 0.0973 e. The van der Waals surface area contributed by atoms with Crippen molar-refractivity contribution in [3.05, 3.63) is 102 Å². The van der Waals surface area contributed by atoms with E-state index in [1.165, 1.54) is 11.1 Å². The molecule has 144 valence electrons. The summed E-state index contributed by atoms with van der Waals surface area (Å²) in [4.78, 5) is 14.5. The Morgan fingerprint density at radius 2 is 1.10 bits per heavy atom. The number of benzene rings is 3. The molecule has 3 aromatic carbocycles. The lowest BCUT2D eigenvalue weighted by Crippen LogP contribution is -1.96. The molecule has 5 rings (SSSR count). The van der Waals surface area contributed by atoms with Crippen LogP contribution in [-0.2, 0) is 0 Å². The van der Waals surface area contributed by atoms with Gasteiger partial charge in [0.05, 0.1) is 28.1 Å². The number of pyridine rings is 1. The van der Waals surface area contributed by atoms with E-state index in [0.717, 1.165) is 44.8 Å². The Bertz CT molecular complexity index is 1320. The number of hydrogen-bond acceptors (Lipinski definition) is 3. The number of hydrogen-bond donors (Lipinski definition) is 0. The molecule has 30 heavy (non-hydrogen) atoms. The lowest BCUT2D eigenvalue weighted by molar-refractivity contribution is 1.28. The number of rotatable bonds is 3. The third kappa shape index (κ3) is 3.46. The molecule has 0 spiro atoms. The van der Waals surface area contributed by atoms with Crippen molar-refractivity contribution in [2.75, 3.05) is 0 Å². The lowest BCUT2D eigenvalue weighted by Gasteiger charge is -2.12. The minimum Gasteiger partial charge on any atom is -0.256 e. The predicted octanol–water partition coefficient (Wildman–Crippen LogP) is 6.64. The van der Waals surface area contributed by atoms with E-state index in [1.54, 1.807) is 0 Å². The zero-order valence-corrected chi connectivity index (χ0v) is 17.0. The van der Waals surface area contributed by atoms with Gasteiger partial charge in [-0.1, -0.05) is 59.7 Å². The Morgan fingerprint density at radius 3 is 1.70 bits per heavy atom. The fourth-order valence-electron chi connectivity index (χ4n) is 3.85. The molecule has 0 aliphatic carbocycles. The Labute approximate surface area is 176 Å². The van der Waals surface area contributed by atoms with Crippen molar-refractivity contribution >= 4 is 11.0 Å². The van der Waals surface area contributed by atoms with Crippen LogP contribution in [0.5, 0.6) is 0 Å². The molecular weight excluding hydrogens is 366 g/mol. The molecule has 3 heteroatoms. The molecule has 5 aromatic rings. The van der Waals surface area contributed by atoms with Gasteiger partial charge in [-0.2, -0.15) is 0 Å². The van der Waals surface area contributed by atoms with Crippen molar-refractivity contribution in [3.63, 3.8) is 0 Å². The highest BCUT2D eigenvalue weighted by Gasteiger charge is 2.14. The fraction of sp³-hybridized carbons (Fsp3) is 0.0741. The van der Waals surface area contributed by atoms with E-state index in [9.17, 15) is 0 Å². The summed E-state index contributed by atoms with van der Waals surface area (Å²) in [5.74, 6) is 0. The van der Waals surface area contributed by atoms with Gasteiger partial charge in [0.25, 0.3) is 0 Å². The monoisotopic (exact) mass is 387 g/mol. The van der Waals surface area contributed by atoms with Gasteiger partial charge in [-0.15, -0.1) is 0 Å². The van der Waals surface area contributed by atoms with E-state index in [2.05, 4.69) is 61.3 Å². The molecule has 0 radical (unpaired) electrons. The van der Waals surface area contributed by atoms with E-state index >= 15 is 0 Å². The number of para-hydroxylation sites is 2. The van der Waals surface area contributed by atoms with Crippen molar-refractivity contribution in [3.8, 4) is 33.8 Å². The zero-order valence-electron chi connectivity index (χ0n) is 17.0. The summed E-state index contributed by atoms with van der Waals surface area (Å²) in [6.07, 6.45) is 1.82. The van der Waals surface area contributed by atoms with Crippen molar-refractivity contribution in [1.29, 1.82) is 0 Å². The van der Waals surface area contributed by atoms with E-state index in [-0.39, 0.29) is 0 Å². The van der Waals surface area contributed by atoms with Gasteiger partial charge >= 0.3 is 0 Å². The highest BCUT2D eigenvalue weighted by Crippen LogP contribution is 2.33. The van der Waals surface area contributed by atoms with Crippen LogP contribution >= 0.6 is 0 Å². The minimum atomic E-state index is 0.895. The summed E-state index contributed by atoms with van der Waals surface area (Å²) in [6.45, 7) is 4.23. The Morgan fingerprint density at radius 1 is 0.533 bits per heavy atom. The normalized spacial score (nSPS) is 11.0. The maximum Gasteiger partial charge on any atom is 0.0973 e. The van der Waals surface area contributed by atoms with E-state index in [0.29, 0.717) is 0 Å². The summed E-state index contributed by atoms with van der Waals surface area (Å²) in [5.41, 5.74) is 10.2. The van der Waals surface area contributed by atoms with Gasteiger partial charge in [0.1, 0.15) is 0 Å². The molecule has 0 aliphatic heterocycles. The van der Waals surface area contributed by atoms with Crippen LogP contribution in [0.3, 0.4) is 0 Å². The van der Waals surface area contributed by atoms with Crippen LogP contribution in [0.2, 0.25) is 0 Å². The number of aromatic nitrogens is 3. The van der Waals surface area contributed by atoms with Crippen LogP contribution < -0.4 is 0 Å². The molecule has 0 saturated carbocycles. The third-order valence-electron chi connectivity index (χ3n) is 5.18. The predicted molar refractivity (Wildman–Crippen MR) is 123 cm³/mol. The minimum absolute atomic E-state index is 0.895. The topological polar surface area (TPSA) is 38.7 Å². The number of aryl methyl sites for hydroxylation is 2. The van der Waals surface area contributed by atoms with Crippen LogP contribution in [0.15, 0.2) is 91.1 Å². The molecule has 0 atom stereocenters. The standard InChI is InChI=1S/C27H21N3/c1-18-15-19(2)17-22(16-18)27-26(29-24-8-3-4-9-25(24)30-27)21-12-10-20(11-13-21)23-7-5-6-14-28-23/h3-17H,1-2H3. The molecule has 0 N–H and O–H groups in total. The molecule has 0 fully saturated rings. The van der Waals surface area contributed by atoms with Crippen molar-refractivity contribution in [2.24, 2.45) is 0 Å². The first-order valence-corrected chi connectivity index (χ1v) is 10.0. The molecule has 2 heterocycles. The molecule has 0 unspecified atom stereocenters. The second-order valence-corrected chi connectivity index (χ2v) is 7.58. The molecule has 0 aliphatic rings. The molecule has 3 nitrogen and oxygen atoms in total. The van der Waals surface area contributed by atoms with Crippen LogP contribution in [0, 0.1) is 13.8 Å². The van der Waals surface area contributed by atoms with Gasteiger partial charge in [0, 0.05) is 22.9 Å². The molecule has 0 saturated heterocycles. The first kappa shape index (κ1) is 18.2. The lowest BCUT2D eigenvalue weighted by atomic mass is 9.99. The summed E-state index contributed by atoms with van der Waals surface area (Å²) in [6, 6.07) is 28.9. The summed E-state index contributed by atoms with van der Waals surface area (Å²) in [5, 5.41) is 0. The zero-order chi connectivity index (χ0) is 20.5. The number of fused-ring (bicyclic) bond motifs is 1. The third-order valence-corrected chi connectivity index (χ3v) is 5.18.